The van der Waals surface area contributed by atoms with Crippen molar-refractivity contribution in [3.8, 4) is 23.0 Å². The number of nitrogens with one attached hydrogen (secondary N) is 2. The minimum absolute atomic E-state index is 0.312. The Hall–Kier alpha value is -4.70. The first-order chi connectivity index (χ1) is 16.6. The van der Waals surface area contributed by atoms with Crippen LogP contribution in [0.3, 0.4) is 0 Å². The van der Waals surface area contributed by atoms with Gasteiger partial charge in [-0.15, -0.1) is 0 Å². The predicted octanol–water partition coefficient (Wildman–Crippen LogP) is 4.63. The maximum Gasteiger partial charge on any atom is 0.319 e. The summed E-state index contributed by atoms with van der Waals surface area (Å²) in [6.45, 7) is 0.448. The second-order valence-electron chi connectivity index (χ2n) is 7.48. The van der Waals surface area contributed by atoms with Gasteiger partial charge in [-0.1, -0.05) is 24.0 Å². The number of pyridine rings is 2. The zero-order valence-corrected chi connectivity index (χ0v) is 18.3. The van der Waals surface area contributed by atoms with Gasteiger partial charge < -0.3 is 16.4 Å². The molecule has 0 fully saturated rings. The highest BCUT2D eigenvalue weighted by Gasteiger charge is 2.08. The van der Waals surface area contributed by atoms with Crippen LogP contribution < -0.4 is 16.4 Å². The molecule has 0 atom stereocenters. The van der Waals surface area contributed by atoms with E-state index < -0.39 is 0 Å². The fraction of sp³-hybridized carbons (Fsp3) is 0.0741. The minimum atomic E-state index is -0.322. The van der Waals surface area contributed by atoms with Crippen molar-refractivity contribution in [2.75, 3.05) is 17.6 Å². The molecule has 0 saturated heterocycles. The zero-order valence-electron chi connectivity index (χ0n) is 18.3. The van der Waals surface area contributed by atoms with E-state index in [2.05, 4.69) is 32.4 Å². The number of rotatable bonds is 5. The summed E-state index contributed by atoms with van der Waals surface area (Å²) >= 11 is 0. The summed E-state index contributed by atoms with van der Waals surface area (Å²) in [5.41, 5.74) is 10.4. The van der Waals surface area contributed by atoms with Gasteiger partial charge in [0.25, 0.3) is 0 Å². The van der Waals surface area contributed by atoms with Crippen molar-refractivity contribution in [2.24, 2.45) is 0 Å². The molecular weight excluding hydrogens is 429 g/mol. The van der Waals surface area contributed by atoms with Crippen LogP contribution in [0.2, 0.25) is 0 Å². The van der Waals surface area contributed by atoms with Crippen molar-refractivity contribution < 1.29 is 9.18 Å². The Kier molecular flexibility index (Phi) is 7.11. The molecular formula is C27H22FN5O. The Bertz CT molecular complexity index is 1330. The number of hydrogen-bond donors (Lipinski definition) is 3. The Morgan fingerprint density at radius 3 is 2.50 bits per heavy atom. The van der Waals surface area contributed by atoms with E-state index in [4.69, 9.17) is 5.73 Å². The van der Waals surface area contributed by atoms with Crippen molar-refractivity contribution in [2.45, 2.75) is 6.42 Å². The highest BCUT2D eigenvalue weighted by atomic mass is 19.1. The second-order valence-corrected chi connectivity index (χ2v) is 7.48. The topological polar surface area (TPSA) is 92.9 Å². The number of urea groups is 1. The quantitative estimate of drug-likeness (QED) is 0.386. The van der Waals surface area contributed by atoms with E-state index in [0.29, 0.717) is 30.0 Å². The lowest BCUT2D eigenvalue weighted by atomic mass is 10.00. The first-order valence-corrected chi connectivity index (χ1v) is 10.6. The molecule has 2 aromatic carbocycles. The normalized spacial score (nSPS) is 10.1. The summed E-state index contributed by atoms with van der Waals surface area (Å²) in [6.07, 6.45) is 5.75. The maximum absolute atomic E-state index is 13.2. The maximum atomic E-state index is 13.2. The Labute approximate surface area is 197 Å². The number of nitrogens with zero attached hydrogens (tertiary/aromatic N) is 2. The van der Waals surface area contributed by atoms with Crippen LogP contribution >= 0.6 is 0 Å². The monoisotopic (exact) mass is 451 g/mol. The van der Waals surface area contributed by atoms with Gasteiger partial charge in [-0.3, -0.25) is 4.98 Å². The summed E-state index contributed by atoms with van der Waals surface area (Å²) in [5, 5.41) is 5.68. The van der Waals surface area contributed by atoms with Crippen molar-refractivity contribution in [3.63, 3.8) is 0 Å². The van der Waals surface area contributed by atoms with Gasteiger partial charge in [0.05, 0.1) is 0 Å². The van der Waals surface area contributed by atoms with E-state index >= 15 is 0 Å². The molecule has 0 radical (unpaired) electrons. The van der Waals surface area contributed by atoms with Crippen LogP contribution in [0.1, 0.15) is 16.7 Å². The number of nitrogen functional groups attached to an aromatic ring is 1. The summed E-state index contributed by atoms with van der Waals surface area (Å²) < 4.78 is 13.2. The molecule has 0 aliphatic rings. The van der Waals surface area contributed by atoms with Crippen LogP contribution in [0.15, 0.2) is 85.3 Å². The van der Waals surface area contributed by atoms with Crippen molar-refractivity contribution >= 4 is 17.5 Å². The van der Waals surface area contributed by atoms with Crippen LogP contribution in [-0.2, 0) is 6.42 Å². The molecule has 0 bridgehead atoms. The third kappa shape index (κ3) is 6.17. The summed E-state index contributed by atoms with van der Waals surface area (Å²) in [5.74, 6) is 6.36. The first kappa shape index (κ1) is 22.5. The van der Waals surface area contributed by atoms with Gasteiger partial charge in [0.2, 0.25) is 0 Å². The zero-order chi connectivity index (χ0) is 23.8. The molecule has 2 amide bonds. The summed E-state index contributed by atoms with van der Waals surface area (Å²) in [4.78, 5) is 20.5. The number of nitrogens with two attached hydrogens (primary N) is 1. The van der Waals surface area contributed by atoms with Gasteiger partial charge in [-0.05, 0) is 77.7 Å². The number of halogens is 1. The largest absolute Gasteiger partial charge is 0.384 e. The molecule has 0 unspecified atom stereocenters. The van der Waals surface area contributed by atoms with E-state index in [-0.39, 0.29) is 11.8 Å². The van der Waals surface area contributed by atoms with E-state index in [0.717, 1.165) is 22.3 Å². The number of carbonyl (C=O) groups is 1. The average molecular weight is 452 g/mol. The van der Waals surface area contributed by atoms with Gasteiger partial charge in [-0.25, -0.2) is 14.2 Å². The Morgan fingerprint density at radius 2 is 1.76 bits per heavy atom. The highest BCUT2D eigenvalue weighted by Crippen LogP contribution is 2.26. The molecule has 2 heterocycles. The number of amides is 2. The number of aromatic nitrogens is 2. The molecule has 6 nitrogen and oxygen atoms in total. The number of carbonyl (C=O) groups excluding carboxylic acids is 1. The molecule has 168 valence electrons. The predicted molar refractivity (Wildman–Crippen MR) is 131 cm³/mol. The van der Waals surface area contributed by atoms with Crippen LogP contribution in [0.25, 0.3) is 11.1 Å². The number of hydrogen-bond acceptors (Lipinski definition) is 4. The molecule has 4 rings (SSSR count). The lowest BCUT2D eigenvalue weighted by Crippen LogP contribution is -2.30. The van der Waals surface area contributed by atoms with E-state index in [9.17, 15) is 9.18 Å². The molecule has 0 aliphatic heterocycles. The second kappa shape index (κ2) is 10.7. The Morgan fingerprint density at radius 1 is 0.971 bits per heavy atom. The van der Waals surface area contributed by atoms with Gasteiger partial charge >= 0.3 is 6.03 Å². The molecule has 4 N–H and O–H groups in total. The molecule has 0 saturated carbocycles. The van der Waals surface area contributed by atoms with Gasteiger partial charge in [0.1, 0.15) is 11.6 Å². The van der Waals surface area contributed by atoms with E-state index in [1.807, 2.05) is 36.4 Å². The van der Waals surface area contributed by atoms with Crippen molar-refractivity contribution in [1.82, 2.24) is 15.3 Å². The van der Waals surface area contributed by atoms with Crippen LogP contribution in [-0.4, -0.2) is 22.5 Å². The third-order valence-electron chi connectivity index (χ3n) is 5.00. The molecule has 34 heavy (non-hydrogen) atoms. The standard InChI is InChI=1S/C27H22FN5O/c28-23-6-2-19(3-7-23)1-5-22-17-24(8-9-25(22)21-12-14-30-15-13-21)33-27(34)31-16-11-20-4-10-26(29)32-18-20/h2-4,6-10,12-15,17-18H,11,16H2,(H2,29,32)(H2,31,33,34). The highest BCUT2D eigenvalue weighted by molar-refractivity contribution is 5.90. The van der Waals surface area contributed by atoms with Gasteiger partial charge in [0, 0.05) is 41.9 Å². The third-order valence-corrected chi connectivity index (χ3v) is 5.00. The van der Waals surface area contributed by atoms with Gasteiger partial charge in [-0.2, -0.15) is 0 Å². The fourth-order valence-electron chi connectivity index (χ4n) is 3.26. The molecule has 7 heteroatoms. The van der Waals surface area contributed by atoms with Crippen molar-refractivity contribution in [1.29, 1.82) is 0 Å². The number of anilines is 2. The Balaban J connectivity index is 1.49. The summed E-state index contributed by atoms with van der Waals surface area (Å²) in [7, 11) is 0. The van der Waals surface area contributed by atoms with Crippen molar-refractivity contribution in [3.05, 3.63) is 108 Å². The number of benzene rings is 2. The first-order valence-electron chi connectivity index (χ1n) is 10.6. The lowest BCUT2D eigenvalue weighted by molar-refractivity contribution is 0.252. The van der Waals surface area contributed by atoms with Crippen LogP contribution in [0, 0.1) is 17.7 Å². The molecule has 4 aromatic rings. The minimum Gasteiger partial charge on any atom is -0.384 e. The molecule has 0 spiro atoms. The van der Waals surface area contributed by atoms with Crippen LogP contribution in [0.5, 0.6) is 0 Å². The molecule has 2 aromatic heterocycles. The smallest absolute Gasteiger partial charge is 0.319 e. The summed E-state index contributed by atoms with van der Waals surface area (Å²) in [6, 6.07) is 18.6. The van der Waals surface area contributed by atoms with E-state index in [1.54, 1.807) is 36.8 Å². The lowest BCUT2D eigenvalue weighted by Gasteiger charge is -2.11. The van der Waals surface area contributed by atoms with Gasteiger partial charge in [0.15, 0.2) is 0 Å². The molecule has 0 aliphatic carbocycles. The van der Waals surface area contributed by atoms with Crippen LogP contribution in [0.4, 0.5) is 20.7 Å². The van der Waals surface area contributed by atoms with E-state index in [1.165, 1.54) is 12.1 Å². The SMILES string of the molecule is Nc1ccc(CCNC(=O)Nc2ccc(-c3ccncc3)c(C#Cc3ccc(F)cc3)c2)cn1. The average Bonchev–Trinajstić information content (AvgIpc) is 2.85. The fourth-order valence-corrected chi connectivity index (χ4v) is 3.26.